The van der Waals surface area contributed by atoms with Crippen LogP contribution in [0.1, 0.15) is 36.9 Å². The van der Waals surface area contributed by atoms with Crippen LogP contribution in [-0.2, 0) is 7.05 Å². The number of ether oxygens (including phenoxy) is 1. The number of fused-ring (bicyclic) bond motifs is 1. The molecule has 0 saturated carbocycles. The van der Waals surface area contributed by atoms with Gasteiger partial charge in [0.05, 0.1) is 35.1 Å². The molecule has 0 bridgehead atoms. The van der Waals surface area contributed by atoms with Crippen molar-refractivity contribution in [2.45, 2.75) is 25.7 Å². The molecule has 0 fully saturated rings. The van der Waals surface area contributed by atoms with Gasteiger partial charge >= 0.3 is 0 Å². The second-order valence-electron chi connectivity index (χ2n) is 7.79. The number of aromatic nitrogens is 5. The number of H-pyrrole nitrogens is 1. The number of benzene rings is 1. The van der Waals surface area contributed by atoms with E-state index < -0.39 is 0 Å². The molecule has 1 aliphatic rings. The van der Waals surface area contributed by atoms with Crippen molar-refractivity contribution in [3.05, 3.63) is 54.0 Å². The van der Waals surface area contributed by atoms with Crippen LogP contribution in [0.5, 0.6) is 5.75 Å². The molecule has 2 N–H and O–H groups in total. The average molecular weight is 425 g/mol. The summed E-state index contributed by atoms with van der Waals surface area (Å²) in [7, 11) is 3.55. The minimum atomic E-state index is 0.455. The molecule has 160 valence electrons. The first-order valence-electron chi connectivity index (χ1n) is 10.6. The fourth-order valence-electron chi connectivity index (χ4n) is 4.19. The molecule has 3 heterocycles. The topological polar surface area (TPSA) is 104 Å². The molecule has 0 radical (unpaired) electrons. The van der Waals surface area contributed by atoms with Crippen LogP contribution in [0.2, 0.25) is 0 Å². The molecule has 0 saturated heterocycles. The van der Waals surface area contributed by atoms with Crippen LogP contribution in [0, 0.1) is 11.3 Å². The summed E-state index contributed by atoms with van der Waals surface area (Å²) in [6, 6.07) is 10.1. The number of nitrogens with one attached hydrogen (secondary N) is 2. The molecule has 1 aromatic carbocycles. The molecule has 8 nitrogen and oxygen atoms in total. The highest BCUT2D eigenvalue weighted by Gasteiger charge is 2.19. The standard InChI is InChI=1S/C24H23N7O/c1-31-19(10-11-27-31)16-8-9-18(20(12-16)32-2)28-24-29-22(15-6-4-3-5-7-15)21-17(13-25)14-26-23(21)30-24/h6,8-12,14H,3-5,7H2,1-2H3,(H2,26,28,29,30). The molecule has 1 aliphatic carbocycles. The van der Waals surface area contributed by atoms with Crippen LogP contribution in [0.25, 0.3) is 27.9 Å². The smallest absolute Gasteiger partial charge is 0.229 e. The van der Waals surface area contributed by atoms with Crippen molar-refractivity contribution in [3.8, 4) is 23.1 Å². The van der Waals surface area contributed by atoms with Crippen molar-refractivity contribution in [1.82, 2.24) is 24.7 Å². The highest BCUT2D eigenvalue weighted by Crippen LogP contribution is 2.35. The van der Waals surface area contributed by atoms with Gasteiger partial charge in [-0.1, -0.05) is 12.1 Å². The van der Waals surface area contributed by atoms with Crippen molar-refractivity contribution in [1.29, 1.82) is 5.26 Å². The van der Waals surface area contributed by atoms with Gasteiger partial charge in [0.2, 0.25) is 5.95 Å². The van der Waals surface area contributed by atoms with Crippen LogP contribution in [0.3, 0.4) is 0 Å². The Balaban J connectivity index is 1.56. The van der Waals surface area contributed by atoms with Crippen LogP contribution in [0.4, 0.5) is 11.6 Å². The van der Waals surface area contributed by atoms with Gasteiger partial charge in [0, 0.05) is 25.0 Å². The molecule has 0 amide bonds. The first kappa shape index (κ1) is 19.8. The number of hydrogen-bond acceptors (Lipinski definition) is 6. The lowest BCUT2D eigenvalue weighted by molar-refractivity contribution is 0.417. The van der Waals surface area contributed by atoms with Crippen molar-refractivity contribution in [2.75, 3.05) is 12.4 Å². The second-order valence-corrected chi connectivity index (χ2v) is 7.79. The summed E-state index contributed by atoms with van der Waals surface area (Å²) in [5, 5.41) is 17.9. The normalized spacial score (nSPS) is 13.6. The summed E-state index contributed by atoms with van der Waals surface area (Å²) in [6.07, 6.45) is 9.97. The molecule has 0 atom stereocenters. The summed E-state index contributed by atoms with van der Waals surface area (Å²) in [4.78, 5) is 12.6. The number of nitriles is 1. The maximum Gasteiger partial charge on any atom is 0.229 e. The Kier molecular flexibility index (Phi) is 5.07. The summed E-state index contributed by atoms with van der Waals surface area (Å²) >= 11 is 0. The van der Waals surface area contributed by atoms with Gasteiger partial charge in [-0.2, -0.15) is 15.3 Å². The molecule has 0 aliphatic heterocycles. The Hall–Kier alpha value is -4.12. The van der Waals surface area contributed by atoms with E-state index in [4.69, 9.17) is 9.72 Å². The van der Waals surface area contributed by atoms with Crippen molar-refractivity contribution in [2.24, 2.45) is 7.05 Å². The molecule has 5 rings (SSSR count). The predicted molar refractivity (Wildman–Crippen MR) is 124 cm³/mol. The van der Waals surface area contributed by atoms with E-state index in [-0.39, 0.29) is 0 Å². The van der Waals surface area contributed by atoms with Gasteiger partial charge in [0.25, 0.3) is 0 Å². The Labute approximate surface area is 185 Å². The number of hydrogen-bond donors (Lipinski definition) is 2. The van der Waals surface area contributed by atoms with E-state index in [0.29, 0.717) is 22.9 Å². The van der Waals surface area contributed by atoms with Gasteiger partial charge in [-0.15, -0.1) is 0 Å². The van der Waals surface area contributed by atoms with Crippen LogP contribution in [0.15, 0.2) is 42.7 Å². The van der Waals surface area contributed by atoms with Gasteiger partial charge in [0.1, 0.15) is 17.5 Å². The molecule has 0 spiro atoms. The number of allylic oxidation sites excluding steroid dienone is 2. The lowest BCUT2D eigenvalue weighted by Gasteiger charge is -2.16. The zero-order chi connectivity index (χ0) is 22.1. The first-order chi connectivity index (χ1) is 15.7. The van der Waals surface area contributed by atoms with E-state index in [1.165, 1.54) is 12.0 Å². The maximum atomic E-state index is 9.56. The van der Waals surface area contributed by atoms with Gasteiger partial charge in [-0.3, -0.25) is 4.68 Å². The number of anilines is 2. The zero-order valence-corrected chi connectivity index (χ0v) is 18.0. The minimum Gasteiger partial charge on any atom is -0.495 e. The lowest BCUT2D eigenvalue weighted by Crippen LogP contribution is -2.04. The maximum absolute atomic E-state index is 9.56. The monoisotopic (exact) mass is 425 g/mol. The van der Waals surface area contributed by atoms with E-state index in [1.54, 1.807) is 19.5 Å². The van der Waals surface area contributed by atoms with Gasteiger partial charge in [-0.25, -0.2) is 4.98 Å². The second kappa shape index (κ2) is 8.19. The summed E-state index contributed by atoms with van der Waals surface area (Å²) in [5.74, 6) is 1.13. The quantitative estimate of drug-likeness (QED) is 0.469. The predicted octanol–water partition coefficient (Wildman–Crippen LogP) is 4.94. The Morgan fingerprint density at radius 1 is 1.22 bits per heavy atom. The Bertz CT molecular complexity index is 1370. The zero-order valence-electron chi connectivity index (χ0n) is 18.0. The van der Waals surface area contributed by atoms with Gasteiger partial charge in [-0.05, 0) is 49.5 Å². The number of aryl methyl sites for hydroxylation is 1. The third kappa shape index (κ3) is 3.48. The van der Waals surface area contributed by atoms with Crippen LogP contribution in [-0.4, -0.2) is 31.8 Å². The van der Waals surface area contributed by atoms with E-state index >= 15 is 0 Å². The van der Waals surface area contributed by atoms with E-state index in [1.807, 2.05) is 36.0 Å². The third-order valence-electron chi connectivity index (χ3n) is 5.81. The van der Waals surface area contributed by atoms with Crippen molar-refractivity contribution in [3.63, 3.8) is 0 Å². The summed E-state index contributed by atoms with van der Waals surface area (Å²) in [5.41, 5.74) is 5.95. The number of nitrogens with zero attached hydrogens (tertiary/aromatic N) is 5. The number of rotatable bonds is 5. The summed E-state index contributed by atoms with van der Waals surface area (Å²) < 4.78 is 7.46. The molecule has 8 heteroatoms. The number of methoxy groups -OCH3 is 1. The first-order valence-corrected chi connectivity index (χ1v) is 10.6. The Morgan fingerprint density at radius 2 is 2.12 bits per heavy atom. The fourth-order valence-corrected chi connectivity index (χ4v) is 4.19. The van der Waals surface area contributed by atoms with Crippen molar-refractivity contribution >= 4 is 28.2 Å². The number of aromatic amines is 1. The van der Waals surface area contributed by atoms with E-state index in [9.17, 15) is 5.26 Å². The lowest BCUT2D eigenvalue weighted by atomic mass is 9.95. The minimum absolute atomic E-state index is 0.455. The largest absolute Gasteiger partial charge is 0.495 e. The van der Waals surface area contributed by atoms with Gasteiger partial charge < -0.3 is 15.0 Å². The molecule has 0 unspecified atom stereocenters. The van der Waals surface area contributed by atoms with Crippen LogP contribution < -0.4 is 10.1 Å². The molecule has 3 aromatic heterocycles. The highest BCUT2D eigenvalue weighted by atomic mass is 16.5. The molecule has 4 aromatic rings. The van der Waals surface area contributed by atoms with Crippen molar-refractivity contribution < 1.29 is 4.74 Å². The van der Waals surface area contributed by atoms with Gasteiger partial charge in [0.15, 0.2) is 0 Å². The van der Waals surface area contributed by atoms with Crippen LogP contribution >= 0.6 is 0 Å². The summed E-state index contributed by atoms with van der Waals surface area (Å²) in [6.45, 7) is 0. The molecular formula is C24H23N7O. The SMILES string of the molecule is COc1cc(-c2ccnn2C)ccc1Nc1nc(C2=CCCCC2)c2c(C#N)c[nH]c2n1. The Morgan fingerprint density at radius 3 is 2.84 bits per heavy atom. The third-order valence-corrected chi connectivity index (χ3v) is 5.81. The highest BCUT2D eigenvalue weighted by molar-refractivity contribution is 5.94. The molecular weight excluding hydrogens is 402 g/mol. The molecule has 32 heavy (non-hydrogen) atoms. The van der Waals surface area contributed by atoms with E-state index in [2.05, 4.69) is 32.5 Å². The fraction of sp³-hybridized carbons (Fsp3) is 0.250. The average Bonchev–Trinajstić information content (AvgIpc) is 3.45. The van der Waals surface area contributed by atoms with E-state index in [0.717, 1.165) is 47.3 Å².